The van der Waals surface area contributed by atoms with E-state index in [-0.39, 0.29) is 51.4 Å². The van der Waals surface area contributed by atoms with E-state index < -0.39 is 15.4 Å². The van der Waals surface area contributed by atoms with Crippen LogP contribution < -0.4 is 51.4 Å². The van der Waals surface area contributed by atoms with Gasteiger partial charge in [0.2, 0.25) is 0 Å². The third-order valence-electron chi connectivity index (χ3n) is 4.34. The average Bonchev–Trinajstić information content (AvgIpc) is 2.52. The number of hydrogen-bond donors (Lipinski definition) is 0. The van der Waals surface area contributed by atoms with E-state index in [2.05, 4.69) is 6.92 Å². The molecule has 1 aromatic rings. The summed E-state index contributed by atoms with van der Waals surface area (Å²) in [7, 11) is -4.28. The van der Waals surface area contributed by atoms with Crippen molar-refractivity contribution in [2.45, 2.75) is 82.8 Å². The Balaban J connectivity index is 0.00000529. The molecule has 132 valence electrons. The molecule has 1 unspecified atom stereocenters. The number of unbranched alkanes of at least 4 members (excludes halogenated alkanes) is 9. The van der Waals surface area contributed by atoms with Crippen LogP contribution in [-0.2, 0) is 10.1 Å². The Hall–Kier alpha value is 0.766. The summed E-state index contributed by atoms with van der Waals surface area (Å²) in [5, 5.41) is -0.891. The molecule has 0 saturated heterocycles. The molecule has 0 aliphatic rings. The predicted octanol–water partition coefficient (Wildman–Crippen LogP) is 2.59. The molecule has 24 heavy (non-hydrogen) atoms. The van der Waals surface area contributed by atoms with E-state index >= 15 is 0 Å². The van der Waals surface area contributed by atoms with Crippen molar-refractivity contribution in [1.29, 1.82) is 0 Å². The Morgan fingerprint density at radius 2 is 1.29 bits per heavy atom. The maximum atomic E-state index is 11.5. The zero-order valence-corrected chi connectivity index (χ0v) is 19.3. The standard InChI is InChI=1S/C19H32O3S.K/c1-2-3-4-5-6-7-8-9-10-14-17-19(23(20,21)22)18-15-12-11-13-16-18;/h11-13,15-16,19H,2-10,14,17H2,1H3,(H,20,21,22);/q;+1/p-1. The van der Waals surface area contributed by atoms with Gasteiger partial charge in [-0.05, 0) is 12.0 Å². The van der Waals surface area contributed by atoms with E-state index in [0.717, 1.165) is 19.3 Å². The first kappa shape index (κ1) is 24.8. The van der Waals surface area contributed by atoms with Crippen molar-refractivity contribution in [1.82, 2.24) is 0 Å². The van der Waals surface area contributed by atoms with E-state index in [1.54, 1.807) is 24.3 Å². The molecular weight excluding hydrogens is 347 g/mol. The maximum Gasteiger partial charge on any atom is 1.00 e. The Bertz CT molecular complexity index is 503. The van der Waals surface area contributed by atoms with Gasteiger partial charge in [0, 0.05) is 0 Å². The largest absolute Gasteiger partial charge is 1.00 e. The Kier molecular flexibility index (Phi) is 15.4. The molecule has 0 amide bonds. The second-order valence-corrected chi connectivity index (χ2v) is 7.92. The van der Waals surface area contributed by atoms with Gasteiger partial charge in [-0.15, -0.1) is 0 Å². The van der Waals surface area contributed by atoms with Crippen molar-refractivity contribution >= 4 is 10.1 Å². The van der Waals surface area contributed by atoms with Gasteiger partial charge >= 0.3 is 51.4 Å². The smallest absolute Gasteiger partial charge is 0.747 e. The molecular formula is C19H31KO3S. The van der Waals surface area contributed by atoms with Gasteiger partial charge in [-0.3, -0.25) is 0 Å². The zero-order chi connectivity index (χ0) is 17.0. The molecule has 0 fully saturated rings. The first-order valence-corrected chi connectivity index (χ1v) is 10.5. The fraction of sp³-hybridized carbons (Fsp3) is 0.684. The summed E-state index contributed by atoms with van der Waals surface area (Å²) in [5.74, 6) is 0. The number of rotatable bonds is 13. The average molecular weight is 379 g/mol. The van der Waals surface area contributed by atoms with Gasteiger partial charge in [0.1, 0.15) is 10.1 Å². The van der Waals surface area contributed by atoms with E-state index in [1.165, 1.54) is 44.9 Å². The molecule has 1 rings (SSSR count). The molecule has 5 heteroatoms. The molecule has 0 bridgehead atoms. The molecule has 1 atom stereocenters. The Morgan fingerprint density at radius 1 is 0.833 bits per heavy atom. The molecule has 0 aliphatic carbocycles. The molecule has 3 nitrogen and oxygen atoms in total. The van der Waals surface area contributed by atoms with Gasteiger partial charge in [-0.2, -0.15) is 0 Å². The molecule has 0 radical (unpaired) electrons. The SMILES string of the molecule is CCCCCCCCCCCCC(c1ccccc1)S(=O)(=O)[O-].[K+]. The maximum absolute atomic E-state index is 11.5. The Morgan fingerprint density at radius 3 is 1.75 bits per heavy atom. The van der Waals surface area contributed by atoms with Crippen LogP contribution in [0.5, 0.6) is 0 Å². The van der Waals surface area contributed by atoms with E-state index in [9.17, 15) is 13.0 Å². The fourth-order valence-corrected chi connectivity index (χ4v) is 3.91. The zero-order valence-electron chi connectivity index (χ0n) is 15.4. The van der Waals surface area contributed by atoms with Crippen molar-refractivity contribution in [3.05, 3.63) is 35.9 Å². The van der Waals surface area contributed by atoms with Crippen LogP contribution in [0.15, 0.2) is 30.3 Å². The van der Waals surface area contributed by atoms with Crippen molar-refractivity contribution < 1.29 is 64.4 Å². The van der Waals surface area contributed by atoms with Gasteiger partial charge in [-0.25, -0.2) is 8.42 Å². The van der Waals surface area contributed by atoms with E-state index in [4.69, 9.17) is 0 Å². The van der Waals surface area contributed by atoms with Crippen LogP contribution in [0.25, 0.3) is 0 Å². The summed E-state index contributed by atoms with van der Waals surface area (Å²) in [4.78, 5) is 0. The first-order valence-electron chi connectivity index (χ1n) is 9.05. The third-order valence-corrected chi connectivity index (χ3v) is 5.54. The third kappa shape index (κ3) is 11.4. The molecule has 1 aromatic carbocycles. The van der Waals surface area contributed by atoms with E-state index in [0.29, 0.717) is 12.0 Å². The molecule has 0 heterocycles. The molecule has 0 spiro atoms. The minimum atomic E-state index is -4.28. The van der Waals surface area contributed by atoms with Crippen LogP contribution >= 0.6 is 0 Å². The second-order valence-electron chi connectivity index (χ2n) is 6.36. The summed E-state index contributed by atoms with van der Waals surface area (Å²) in [6, 6.07) is 8.86. The summed E-state index contributed by atoms with van der Waals surface area (Å²) in [6.45, 7) is 2.23. The molecule has 0 N–H and O–H groups in total. The second kappa shape index (κ2) is 14.9. The van der Waals surface area contributed by atoms with Crippen LogP contribution in [0.1, 0.15) is 88.4 Å². The van der Waals surface area contributed by atoms with Gasteiger partial charge < -0.3 is 4.55 Å². The van der Waals surface area contributed by atoms with Gasteiger partial charge in [-0.1, -0.05) is 101 Å². The van der Waals surface area contributed by atoms with Gasteiger partial charge in [0.05, 0.1) is 5.25 Å². The Labute approximate surface area is 191 Å². The molecule has 0 aromatic heterocycles. The van der Waals surface area contributed by atoms with Crippen LogP contribution in [-0.4, -0.2) is 13.0 Å². The molecule has 0 aliphatic heterocycles. The summed E-state index contributed by atoms with van der Waals surface area (Å²) < 4.78 is 34.4. The van der Waals surface area contributed by atoms with Crippen molar-refractivity contribution in [2.24, 2.45) is 0 Å². The first-order chi connectivity index (χ1) is 11.1. The van der Waals surface area contributed by atoms with Crippen molar-refractivity contribution in [2.75, 3.05) is 0 Å². The topological polar surface area (TPSA) is 57.2 Å². The van der Waals surface area contributed by atoms with Gasteiger partial charge in [0.15, 0.2) is 0 Å². The normalized spacial score (nSPS) is 12.6. The molecule has 0 saturated carbocycles. The summed E-state index contributed by atoms with van der Waals surface area (Å²) in [6.07, 6.45) is 12.5. The summed E-state index contributed by atoms with van der Waals surface area (Å²) in [5.41, 5.74) is 0.624. The quantitative estimate of drug-likeness (QED) is 0.301. The minimum Gasteiger partial charge on any atom is -0.747 e. The van der Waals surface area contributed by atoms with Gasteiger partial charge in [0.25, 0.3) is 0 Å². The van der Waals surface area contributed by atoms with E-state index in [1.807, 2.05) is 6.07 Å². The number of hydrogen-bond acceptors (Lipinski definition) is 3. The monoisotopic (exact) mass is 378 g/mol. The van der Waals surface area contributed by atoms with Crippen LogP contribution in [0.4, 0.5) is 0 Å². The van der Waals surface area contributed by atoms with Crippen molar-refractivity contribution in [3.8, 4) is 0 Å². The summed E-state index contributed by atoms with van der Waals surface area (Å²) >= 11 is 0. The predicted molar refractivity (Wildman–Crippen MR) is 95.3 cm³/mol. The van der Waals surface area contributed by atoms with Crippen molar-refractivity contribution in [3.63, 3.8) is 0 Å². The van der Waals surface area contributed by atoms with Crippen LogP contribution in [0, 0.1) is 0 Å². The number of benzene rings is 1. The van der Waals surface area contributed by atoms with Crippen LogP contribution in [0.3, 0.4) is 0 Å². The minimum absolute atomic E-state index is 0. The fourth-order valence-electron chi connectivity index (χ4n) is 2.96. The van der Waals surface area contributed by atoms with Crippen LogP contribution in [0.2, 0.25) is 0 Å².